The molecule has 1 aromatic carbocycles. The molecule has 1 aromatic rings. The smallest absolute Gasteiger partial charge is 0.0613 e. The van der Waals surface area contributed by atoms with Crippen molar-refractivity contribution in [3.05, 3.63) is 35.9 Å². The average molecular weight is 207 g/mol. The van der Waals surface area contributed by atoms with Gasteiger partial charge < -0.3 is 10.1 Å². The molecule has 0 aliphatic carbocycles. The van der Waals surface area contributed by atoms with Crippen molar-refractivity contribution in [3.8, 4) is 0 Å². The van der Waals surface area contributed by atoms with Gasteiger partial charge in [0.2, 0.25) is 0 Å². The number of benzene rings is 1. The third kappa shape index (κ3) is 4.02. The van der Waals surface area contributed by atoms with Gasteiger partial charge in [0.15, 0.2) is 0 Å². The highest BCUT2D eigenvalue weighted by Crippen LogP contribution is 2.16. The molecule has 0 heterocycles. The topological polar surface area (TPSA) is 21.3 Å². The molecule has 0 saturated heterocycles. The summed E-state index contributed by atoms with van der Waals surface area (Å²) in [6.07, 6.45) is 1.10. The molecule has 0 fully saturated rings. The van der Waals surface area contributed by atoms with Gasteiger partial charge in [-0.25, -0.2) is 0 Å². The minimum absolute atomic E-state index is 0.389. The first-order chi connectivity index (χ1) is 7.27. The van der Waals surface area contributed by atoms with Crippen molar-refractivity contribution in [1.29, 1.82) is 0 Å². The Labute approximate surface area is 92.6 Å². The maximum atomic E-state index is 5.12. The van der Waals surface area contributed by atoms with E-state index >= 15 is 0 Å². The molecule has 0 saturated carbocycles. The van der Waals surface area contributed by atoms with Crippen LogP contribution in [0.3, 0.4) is 0 Å². The van der Waals surface area contributed by atoms with E-state index in [1.54, 1.807) is 7.11 Å². The molecule has 0 bridgehead atoms. The molecule has 0 aromatic heterocycles. The molecule has 1 N–H and O–H groups in total. The summed E-state index contributed by atoms with van der Waals surface area (Å²) in [5, 5.41) is 3.56. The Morgan fingerprint density at radius 1 is 1.27 bits per heavy atom. The lowest BCUT2D eigenvalue weighted by atomic mass is 10.0. The van der Waals surface area contributed by atoms with E-state index in [2.05, 4.69) is 49.5 Å². The second-order valence-corrected chi connectivity index (χ2v) is 3.89. The monoisotopic (exact) mass is 207 g/mol. The molecule has 0 aliphatic heterocycles. The Kier molecular flexibility index (Phi) is 5.37. The minimum Gasteiger partial charge on any atom is -0.383 e. The van der Waals surface area contributed by atoms with Gasteiger partial charge in [-0.05, 0) is 18.9 Å². The fraction of sp³-hybridized carbons (Fsp3) is 0.538. The zero-order chi connectivity index (χ0) is 11.1. The fourth-order valence-corrected chi connectivity index (χ4v) is 1.78. The second-order valence-electron chi connectivity index (χ2n) is 3.89. The summed E-state index contributed by atoms with van der Waals surface area (Å²) in [6.45, 7) is 5.10. The van der Waals surface area contributed by atoms with Crippen molar-refractivity contribution < 1.29 is 4.74 Å². The van der Waals surface area contributed by atoms with Gasteiger partial charge in [-0.1, -0.05) is 37.3 Å². The van der Waals surface area contributed by atoms with Crippen LogP contribution in [0.15, 0.2) is 30.3 Å². The van der Waals surface area contributed by atoms with Crippen molar-refractivity contribution >= 4 is 0 Å². The minimum atomic E-state index is 0.389. The number of hydrogen-bond acceptors (Lipinski definition) is 2. The van der Waals surface area contributed by atoms with Gasteiger partial charge in [-0.3, -0.25) is 0 Å². The van der Waals surface area contributed by atoms with Gasteiger partial charge >= 0.3 is 0 Å². The van der Waals surface area contributed by atoms with E-state index < -0.39 is 0 Å². The van der Waals surface area contributed by atoms with Crippen LogP contribution in [-0.2, 0) is 4.74 Å². The molecule has 0 aliphatic rings. The molecule has 2 nitrogen and oxygen atoms in total. The van der Waals surface area contributed by atoms with Crippen LogP contribution in [0.1, 0.15) is 31.9 Å². The first-order valence-electron chi connectivity index (χ1n) is 5.57. The molecular weight excluding hydrogens is 186 g/mol. The summed E-state index contributed by atoms with van der Waals surface area (Å²) in [4.78, 5) is 0. The van der Waals surface area contributed by atoms with E-state index in [4.69, 9.17) is 4.74 Å². The van der Waals surface area contributed by atoms with E-state index in [1.807, 2.05) is 0 Å². The highest BCUT2D eigenvalue weighted by molar-refractivity contribution is 5.18. The molecule has 2 atom stereocenters. The third-order valence-electron chi connectivity index (χ3n) is 2.51. The number of rotatable bonds is 6. The first-order valence-corrected chi connectivity index (χ1v) is 5.57. The Morgan fingerprint density at radius 2 is 1.93 bits per heavy atom. The maximum Gasteiger partial charge on any atom is 0.0613 e. The molecule has 0 amide bonds. The molecule has 0 spiro atoms. The van der Waals surface area contributed by atoms with Gasteiger partial charge in [0.05, 0.1) is 6.61 Å². The summed E-state index contributed by atoms with van der Waals surface area (Å²) in [5.74, 6) is 0. The van der Waals surface area contributed by atoms with Gasteiger partial charge in [0.1, 0.15) is 0 Å². The summed E-state index contributed by atoms with van der Waals surface area (Å²) in [5.41, 5.74) is 1.35. The zero-order valence-electron chi connectivity index (χ0n) is 9.86. The average Bonchev–Trinajstić information content (AvgIpc) is 2.27. The van der Waals surface area contributed by atoms with Gasteiger partial charge in [-0.2, -0.15) is 0 Å². The maximum absolute atomic E-state index is 5.12. The van der Waals surface area contributed by atoms with Crippen molar-refractivity contribution in [2.24, 2.45) is 0 Å². The third-order valence-corrected chi connectivity index (χ3v) is 2.51. The molecule has 15 heavy (non-hydrogen) atoms. The number of ether oxygens (including phenoxy) is 1. The quantitative estimate of drug-likeness (QED) is 0.774. The Bertz CT molecular complexity index is 260. The zero-order valence-corrected chi connectivity index (χ0v) is 9.86. The fourth-order valence-electron chi connectivity index (χ4n) is 1.78. The van der Waals surface area contributed by atoms with E-state index in [1.165, 1.54) is 5.56 Å². The summed E-state index contributed by atoms with van der Waals surface area (Å²) < 4.78 is 5.12. The Hall–Kier alpha value is -0.860. The normalized spacial score (nSPS) is 14.9. The van der Waals surface area contributed by atoms with Crippen LogP contribution in [0.4, 0.5) is 0 Å². The number of hydrogen-bond donors (Lipinski definition) is 1. The van der Waals surface area contributed by atoms with Crippen LogP contribution in [-0.4, -0.2) is 19.8 Å². The van der Waals surface area contributed by atoms with Gasteiger partial charge in [0.25, 0.3) is 0 Å². The van der Waals surface area contributed by atoms with Gasteiger partial charge in [0, 0.05) is 19.2 Å². The lowest BCUT2D eigenvalue weighted by Crippen LogP contribution is -2.33. The predicted octanol–water partition coefficient (Wildman–Crippen LogP) is 2.76. The molecule has 1 rings (SSSR count). The molecule has 84 valence electrons. The molecule has 0 radical (unpaired) electrons. The predicted molar refractivity (Wildman–Crippen MR) is 63.9 cm³/mol. The lowest BCUT2D eigenvalue weighted by molar-refractivity contribution is 0.166. The number of methoxy groups -OCH3 is 1. The van der Waals surface area contributed by atoms with E-state index in [0.29, 0.717) is 12.1 Å². The Morgan fingerprint density at radius 3 is 2.47 bits per heavy atom. The van der Waals surface area contributed by atoms with Crippen LogP contribution >= 0.6 is 0 Å². The Balaban J connectivity index is 2.56. The highest BCUT2D eigenvalue weighted by Gasteiger charge is 2.11. The van der Waals surface area contributed by atoms with E-state index in [-0.39, 0.29) is 0 Å². The SMILES string of the molecule is CCC(NC(C)COC)c1ccccc1. The summed E-state index contributed by atoms with van der Waals surface area (Å²) in [6, 6.07) is 11.4. The van der Waals surface area contributed by atoms with Crippen molar-refractivity contribution in [2.45, 2.75) is 32.4 Å². The van der Waals surface area contributed by atoms with Crippen LogP contribution in [0, 0.1) is 0 Å². The highest BCUT2D eigenvalue weighted by atomic mass is 16.5. The van der Waals surface area contributed by atoms with Crippen LogP contribution in [0.25, 0.3) is 0 Å². The molecule has 2 heteroatoms. The largest absolute Gasteiger partial charge is 0.383 e. The number of nitrogens with one attached hydrogen (secondary N) is 1. The van der Waals surface area contributed by atoms with Crippen LogP contribution in [0.2, 0.25) is 0 Å². The summed E-state index contributed by atoms with van der Waals surface area (Å²) >= 11 is 0. The lowest BCUT2D eigenvalue weighted by Gasteiger charge is -2.22. The van der Waals surface area contributed by atoms with Crippen molar-refractivity contribution in [3.63, 3.8) is 0 Å². The molecular formula is C13H21NO. The van der Waals surface area contributed by atoms with Crippen molar-refractivity contribution in [2.75, 3.05) is 13.7 Å². The summed E-state index contributed by atoms with van der Waals surface area (Å²) in [7, 11) is 1.74. The molecule has 2 unspecified atom stereocenters. The van der Waals surface area contributed by atoms with Crippen LogP contribution < -0.4 is 5.32 Å². The first kappa shape index (κ1) is 12.2. The standard InChI is InChI=1S/C13H21NO/c1-4-13(14-11(2)10-15-3)12-8-6-5-7-9-12/h5-9,11,13-14H,4,10H2,1-3H3. The second kappa shape index (κ2) is 6.59. The van der Waals surface area contributed by atoms with Crippen molar-refractivity contribution in [1.82, 2.24) is 5.32 Å². The van der Waals surface area contributed by atoms with E-state index in [0.717, 1.165) is 13.0 Å². The van der Waals surface area contributed by atoms with Crippen LogP contribution in [0.5, 0.6) is 0 Å². The van der Waals surface area contributed by atoms with Gasteiger partial charge in [-0.15, -0.1) is 0 Å². The van der Waals surface area contributed by atoms with E-state index in [9.17, 15) is 0 Å².